The van der Waals surface area contributed by atoms with Gasteiger partial charge in [-0.2, -0.15) is 8.42 Å². The fourth-order valence-electron chi connectivity index (χ4n) is 0.134. The zero-order valence-corrected chi connectivity index (χ0v) is 5.02. The Balaban J connectivity index is 0. The Labute approximate surface area is 76.8 Å². The van der Waals surface area contributed by atoms with Gasteiger partial charge in [0.05, 0.1) is 11.7 Å². The summed E-state index contributed by atoms with van der Waals surface area (Å²) in [6, 6.07) is 0. The summed E-state index contributed by atoms with van der Waals surface area (Å²) >= 11 is 0. The molecule has 0 N–H and O–H groups in total. The first kappa shape index (κ1) is 12.0. The fourth-order valence-corrected chi connectivity index (χ4v) is 0.402. The molecule has 0 aromatic heterocycles. The van der Waals surface area contributed by atoms with Gasteiger partial charge in [0, 0.05) is 0 Å². The van der Waals surface area contributed by atoms with Gasteiger partial charge in [-0.25, -0.2) is 0 Å². The second-order valence-electron chi connectivity index (χ2n) is 0.922. The molecular weight excluding hydrogens is 151 g/mol. The van der Waals surface area contributed by atoms with E-state index in [2.05, 4.69) is 17.3 Å². The summed E-state index contributed by atoms with van der Waals surface area (Å²) in [4.78, 5) is 0. The second kappa shape index (κ2) is 5.05. The molecule has 0 spiro atoms. The van der Waals surface area contributed by atoms with Gasteiger partial charge in [-0.1, -0.05) is 13.2 Å². The van der Waals surface area contributed by atoms with Gasteiger partial charge >= 0.3 is 39.7 Å². The molecule has 0 atom stereocenters. The molecule has 0 aliphatic carbocycles. The average molecular weight is 158 g/mol. The minimum absolute atomic E-state index is 0. The van der Waals surface area contributed by atoms with E-state index in [9.17, 15) is 8.42 Å². The van der Waals surface area contributed by atoms with Crippen molar-refractivity contribution in [3.63, 3.8) is 0 Å². The van der Waals surface area contributed by atoms with Crippen molar-refractivity contribution in [3.05, 3.63) is 24.8 Å². The predicted octanol–water partition coefficient (Wildman–Crippen LogP) is -0.0287. The molecule has 0 bridgehead atoms. The molecule has 3 nitrogen and oxygen atoms in total. The molecule has 0 heterocycles. The standard InChI is InChI=1S/C4H6O3S.Na.H/c1-3-7-8(5,6)4-2;;/h3-4H,1-2H2;;. The van der Waals surface area contributed by atoms with E-state index in [1.165, 1.54) is 0 Å². The van der Waals surface area contributed by atoms with Crippen LogP contribution in [-0.4, -0.2) is 38.0 Å². The van der Waals surface area contributed by atoms with Crippen molar-refractivity contribution in [3.8, 4) is 0 Å². The molecule has 0 unspecified atom stereocenters. The predicted molar refractivity (Wildman–Crippen MR) is 37.5 cm³/mol. The van der Waals surface area contributed by atoms with E-state index in [1.807, 2.05) is 0 Å². The van der Waals surface area contributed by atoms with Gasteiger partial charge in [0.2, 0.25) is 0 Å². The van der Waals surface area contributed by atoms with E-state index in [-0.39, 0.29) is 29.6 Å². The summed E-state index contributed by atoms with van der Waals surface area (Å²) in [6.45, 7) is 6.03. The zero-order chi connectivity index (χ0) is 6.62. The normalized spacial score (nSPS) is 8.89. The van der Waals surface area contributed by atoms with Crippen molar-refractivity contribution in [2.75, 3.05) is 0 Å². The summed E-state index contributed by atoms with van der Waals surface area (Å²) in [5.74, 6) is 0. The van der Waals surface area contributed by atoms with Crippen LogP contribution in [0.2, 0.25) is 0 Å². The Morgan fingerprint density at radius 2 is 1.78 bits per heavy atom. The molecule has 5 heteroatoms. The molecule has 9 heavy (non-hydrogen) atoms. The van der Waals surface area contributed by atoms with E-state index >= 15 is 0 Å². The fraction of sp³-hybridized carbons (Fsp3) is 0. The first-order valence-corrected chi connectivity index (χ1v) is 3.26. The Hall–Kier alpha value is 0.230. The van der Waals surface area contributed by atoms with Gasteiger partial charge in [0.15, 0.2) is 0 Å². The van der Waals surface area contributed by atoms with E-state index < -0.39 is 10.1 Å². The van der Waals surface area contributed by atoms with Crippen LogP contribution >= 0.6 is 0 Å². The monoisotopic (exact) mass is 158 g/mol. The minimum atomic E-state index is -3.52. The van der Waals surface area contributed by atoms with E-state index in [1.54, 1.807) is 0 Å². The first-order chi connectivity index (χ1) is 3.62. The van der Waals surface area contributed by atoms with Crippen LogP contribution in [0, 0.1) is 0 Å². The summed E-state index contributed by atoms with van der Waals surface area (Å²) in [7, 11) is -3.52. The maximum absolute atomic E-state index is 10.2. The van der Waals surface area contributed by atoms with E-state index in [4.69, 9.17) is 0 Å². The Morgan fingerprint density at radius 1 is 1.33 bits per heavy atom. The van der Waals surface area contributed by atoms with E-state index in [0.29, 0.717) is 5.41 Å². The van der Waals surface area contributed by atoms with Gasteiger partial charge in [-0.15, -0.1) is 0 Å². The van der Waals surface area contributed by atoms with Gasteiger partial charge in [-0.3, -0.25) is 0 Å². The molecule has 0 rings (SSSR count). The zero-order valence-electron chi connectivity index (χ0n) is 4.20. The molecule has 0 aliphatic heterocycles. The Kier molecular flexibility index (Phi) is 6.71. The number of hydrogen-bond acceptors (Lipinski definition) is 3. The molecule has 0 fully saturated rings. The molecule has 48 valence electrons. The van der Waals surface area contributed by atoms with Gasteiger partial charge in [-0.05, 0) is 0 Å². The van der Waals surface area contributed by atoms with E-state index in [0.717, 1.165) is 6.26 Å². The molecule has 0 amide bonds. The first-order valence-electron chi connectivity index (χ1n) is 1.79. The van der Waals surface area contributed by atoms with Crippen molar-refractivity contribution < 1.29 is 12.6 Å². The van der Waals surface area contributed by atoms with Crippen molar-refractivity contribution in [1.82, 2.24) is 0 Å². The molecule has 0 aromatic rings. The Morgan fingerprint density at radius 3 is 1.89 bits per heavy atom. The van der Waals surface area contributed by atoms with Gasteiger partial charge < -0.3 is 4.18 Å². The SMILES string of the molecule is C=COS(=O)(=O)C=C.[NaH]. The molecule has 0 aliphatic rings. The number of hydrogen-bond donors (Lipinski definition) is 0. The molecule has 0 aromatic carbocycles. The molecular formula is C4H7NaO3S. The van der Waals surface area contributed by atoms with Crippen LogP contribution in [0.3, 0.4) is 0 Å². The Bertz CT molecular complexity index is 182. The average Bonchev–Trinajstić information content (AvgIpc) is 1.67. The number of rotatable bonds is 3. The maximum atomic E-state index is 10.2. The van der Waals surface area contributed by atoms with Gasteiger partial charge in [0.1, 0.15) is 0 Å². The van der Waals surface area contributed by atoms with Crippen LogP contribution in [0.15, 0.2) is 24.8 Å². The van der Waals surface area contributed by atoms with Crippen molar-refractivity contribution in [2.45, 2.75) is 0 Å². The van der Waals surface area contributed by atoms with Crippen LogP contribution in [-0.2, 0) is 14.3 Å². The third-order valence-corrected chi connectivity index (χ3v) is 1.22. The van der Waals surface area contributed by atoms with Crippen LogP contribution < -0.4 is 0 Å². The summed E-state index contributed by atoms with van der Waals surface area (Å²) in [5, 5.41) is 0.703. The summed E-state index contributed by atoms with van der Waals surface area (Å²) < 4.78 is 24.4. The summed E-state index contributed by atoms with van der Waals surface area (Å²) in [5.41, 5.74) is 0. The third-order valence-electron chi connectivity index (χ3n) is 0.406. The van der Waals surface area contributed by atoms with Crippen LogP contribution in [0.5, 0.6) is 0 Å². The molecule has 0 saturated carbocycles. The van der Waals surface area contributed by atoms with Crippen molar-refractivity contribution >= 4 is 39.7 Å². The van der Waals surface area contributed by atoms with Crippen LogP contribution in [0.25, 0.3) is 0 Å². The summed E-state index contributed by atoms with van der Waals surface area (Å²) in [6.07, 6.45) is 0.830. The third kappa shape index (κ3) is 6.11. The quantitative estimate of drug-likeness (QED) is 0.329. The second-order valence-corrected chi connectivity index (χ2v) is 2.43. The van der Waals surface area contributed by atoms with Crippen LogP contribution in [0.4, 0.5) is 0 Å². The molecule has 0 radical (unpaired) electrons. The molecule has 0 saturated heterocycles. The van der Waals surface area contributed by atoms with Crippen molar-refractivity contribution in [2.24, 2.45) is 0 Å². The van der Waals surface area contributed by atoms with Gasteiger partial charge in [0.25, 0.3) is 0 Å². The van der Waals surface area contributed by atoms with Crippen LogP contribution in [0.1, 0.15) is 0 Å². The van der Waals surface area contributed by atoms with Crippen molar-refractivity contribution in [1.29, 1.82) is 0 Å². The topological polar surface area (TPSA) is 43.4 Å².